The van der Waals surface area contributed by atoms with Gasteiger partial charge in [-0.3, -0.25) is 9.78 Å². The Bertz CT molecular complexity index is 1250. The average molecular weight is 420 g/mol. The number of carbonyl (C=O) groups is 1. The zero-order valence-electron chi connectivity index (χ0n) is 16.8. The minimum absolute atomic E-state index is 0.222. The van der Waals surface area contributed by atoms with Gasteiger partial charge in [0.2, 0.25) is 0 Å². The molecule has 0 spiro atoms. The summed E-state index contributed by atoms with van der Waals surface area (Å²) in [4.78, 5) is 17.1. The third kappa shape index (κ3) is 5.04. The van der Waals surface area contributed by atoms with E-state index in [9.17, 15) is 9.00 Å². The van der Waals surface area contributed by atoms with Crippen LogP contribution in [0.1, 0.15) is 21.5 Å². The summed E-state index contributed by atoms with van der Waals surface area (Å²) in [7, 11) is 0.264. The van der Waals surface area contributed by atoms with Gasteiger partial charge in [0.25, 0.3) is 5.91 Å². The summed E-state index contributed by atoms with van der Waals surface area (Å²) >= 11 is 0. The Morgan fingerprint density at radius 3 is 2.33 bits per heavy atom. The SMILES string of the molecule is COc1ccc(C#Cc2cncc(C(=O)N=S(C)(=O)c3ccccc3)c2)cc1OC. The summed E-state index contributed by atoms with van der Waals surface area (Å²) in [5, 5.41) is 0. The normalized spacial score (nSPS) is 12.1. The summed E-state index contributed by atoms with van der Waals surface area (Å²) in [6.07, 6.45) is 4.37. The summed E-state index contributed by atoms with van der Waals surface area (Å²) < 4.78 is 27.2. The smallest absolute Gasteiger partial charge is 0.286 e. The minimum Gasteiger partial charge on any atom is -0.493 e. The lowest BCUT2D eigenvalue weighted by Crippen LogP contribution is -2.04. The lowest BCUT2D eigenvalue weighted by Gasteiger charge is -2.06. The number of rotatable bonds is 4. The van der Waals surface area contributed by atoms with Crippen molar-refractivity contribution < 1.29 is 18.5 Å². The standard InChI is InChI=1S/C23H20N2O4S/c1-28-21-12-11-17(14-22(21)29-2)9-10-18-13-19(16-24-15-18)23(26)25-30(3,27)20-7-5-4-6-8-20/h4-8,11-16H,1-3H3. The van der Waals surface area contributed by atoms with Crippen LogP contribution in [0.5, 0.6) is 11.5 Å². The summed E-state index contributed by atoms with van der Waals surface area (Å²) in [6, 6.07) is 15.6. The van der Waals surface area contributed by atoms with E-state index in [4.69, 9.17) is 9.47 Å². The van der Waals surface area contributed by atoms with Gasteiger partial charge in [-0.15, -0.1) is 0 Å². The van der Waals surface area contributed by atoms with Gasteiger partial charge in [0, 0.05) is 34.7 Å². The average Bonchev–Trinajstić information content (AvgIpc) is 2.78. The highest BCUT2D eigenvalue weighted by atomic mass is 32.2. The maximum atomic E-state index is 12.8. The molecule has 1 heterocycles. The molecule has 0 aliphatic heterocycles. The van der Waals surface area contributed by atoms with Gasteiger partial charge in [0.1, 0.15) is 0 Å². The van der Waals surface area contributed by atoms with Gasteiger partial charge in [-0.1, -0.05) is 30.0 Å². The van der Waals surface area contributed by atoms with Crippen LogP contribution in [0.2, 0.25) is 0 Å². The van der Waals surface area contributed by atoms with Gasteiger partial charge in [0.15, 0.2) is 11.5 Å². The Kier molecular flexibility index (Phi) is 6.50. The Hall–Kier alpha value is -3.63. The largest absolute Gasteiger partial charge is 0.493 e. The molecule has 0 saturated heterocycles. The fourth-order valence-corrected chi connectivity index (χ4v) is 3.81. The van der Waals surface area contributed by atoms with E-state index in [1.54, 1.807) is 68.9 Å². The number of hydrogen-bond donors (Lipinski definition) is 0. The van der Waals surface area contributed by atoms with Crippen LogP contribution in [0.25, 0.3) is 0 Å². The predicted octanol–water partition coefficient (Wildman–Crippen LogP) is 3.80. The minimum atomic E-state index is -2.85. The first kappa shape index (κ1) is 21.1. The lowest BCUT2D eigenvalue weighted by molar-refractivity contribution is 0.100. The quantitative estimate of drug-likeness (QED) is 0.600. The van der Waals surface area contributed by atoms with Crippen molar-refractivity contribution in [2.75, 3.05) is 20.5 Å². The second kappa shape index (κ2) is 9.25. The highest BCUT2D eigenvalue weighted by molar-refractivity contribution is 7.93. The molecule has 6 nitrogen and oxygen atoms in total. The molecule has 0 aliphatic rings. The molecule has 0 fully saturated rings. The van der Waals surface area contributed by atoms with Crippen LogP contribution >= 0.6 is 0 Å². The molecule has 1 amide bonds. The lowest BCUT2D eigenvalue weighted by atomic mass is 10.1. The number of nitrogens with zero attached hydrogens (tertiary/aromatic N) is 2. The van der Waals surface area contributed by atoms with E-state index in [-0.39, 0.29) is 5.56 Å². The maximum absolute atomic E-state index is 12.8. The van der Waals surface area contributed by atoms with E-state index in [0.717, 1.165) is 5.56 Å². The molecule has 3 rings (SSSR count). The molecular weight excluding hydrogens is 400 g/mol. The Labute approximate surface area is 176 Å². The number of aromatic nitrogens is 1. The zero-order chi connectivity index (χ0) is 21.6. The topological polar surface area (TPSA) is 77.9 Å². The molecule has 3 aromatic rings. The fraction of sp³-hybridized carbons (Fsp3) is 0.130. The molecule has 0 aliphatic carbocycles. The van der Waals surface area contributed by atoms with Crippen molar-refractivity contribution in [3.63, 3.8) is 0 Å². The zero-order valence-corrected chi connectivity index (χ0v) is 17.6. The van der Waals surface area contributed by atoms with Crippen molar-refractivity contribution in [2.45, 2.75) is 4.90 Å². The van der Waals surface area contributed by atoms with Gasteiger partial charge in [-0.2, -0.15) is 4.36 Å². The van der Waals surface area contributed by atoms with Crippen LogP contribution in [0.4, 0.5) is 0 Å². The van der Waals surface area contributed by atoms with Crippen molar-refractivity contribution >= 4 is 15.6 Å². The molecular formula is C23H20N2O4S. The summed E-state index contributed by atoms with van der Waals surface area (Å²) in [5.41, 5.74) is 1.47. The molecule has 30 heavy (non-hydrogen) atoms. The van der Waals surface area contributed by atoms with Gasteiger partial charge in [0.05, 0.1) is 29.5 Å². The van der Waals surface area contributed by atoms with Gasteiger partial charge < -0.3 is 9.47 Å². The summed E-state index contributed by atoms with van der Waals surface area (Å²) in [6.45, 7) is 0. The van der Waals surface area contributed by atoms with E-state index in [0.29, 0.717) is 22.0 Å². The van der Waals surface area contributed by atoms with Crippen LogP contribution in [0.3, 0.4) is 0 Å². The van der Waals surface area contributed by atoms with Crippen LogP contribution in [-0.4, -0.2) is 35.6 Å². The molecule has 0 saturated carbocycles. The van der Waals surface area contributed by atoms with Crippen LogP contribution in [0.15, 0.2) is 76.2 Å². The molecule has 7 heteroatoms. The van der Waals surface area contributed by atoms with Crippen molar-refractivity contribution in [3.8, 4) is 23.3 Å². The first-order valence-corrected chi connectivity index (χ1v) is 10.9. The van der Waals surface area contributed by atoms with E-state index < -0.39 is 15.6 Å². The number of carbonyl (C=O) groups excluding carboxylic acids is 1. The predicted molar refractivity (Wildman–Crippen MR) is 115 cm³/mol. The highest BCUT2D eigenvalue weighted by Gasteiger charge is 2.12. The maximum Gasteiger partial charge on any atom is 0.286 e. The third-order valence-corrected chi connectivity index (χ3v) is 5.82. The number of benzene rings is 2. The first-order chi connectivity index (χ1) is 14.4. The second-order valence-electron chi connectivity index (χ2n) is 6.29. The fourth-order valence-electron chi connectivity index (χ4n) is 2.62. The number of methoxy groups -OCH3 is 2. The monoisotopic (exact) mass is 420 g/mol. The molecule has 1 atom stereocenters. The third-order valence-electron chi connectivity index (χ3n) is 4.16. The Morgan fingerprint density at radius 1 is 0.933 bits per heavy atom. The van der Waals surface area contributed by atoms with Crippen molar-refractivity contribution in [3.05, 3.63) is 83.7 Å². The van der Waals surface area contributed by atoms with Gasteiger partial charge in [-0.05, 0) is 36.4 Å². The van der Waals surface area contributed by atoms with E-state index >= 15 is 0 Å². The molecule has 1 aromatic heterocycles. The van der Waals surface area contributed by atoms with Crippen LogP contribution in [0, 0.1) is 11.8 Å². The number of hydrogen-bond acceptors (Lipinski definition) is 5. The van der Waals surface area contributed by atoms with Crippen LogP contribution in [-0.2, 0) is 9.73 Å². The summed E-state index contributed by atoms with van der Waals surface area (Å²) in [5.74, 6) is 6.55. The number of pyridine rings is 1. The number of ether oxygens (including phenoxy) is 2. The van der Waals surface area contributed by atoms with E-state index in [1.807, 2.05) is 6.07 Å². The Balaban J connectivity index is 1.87. The van der Waals surface area contributed by atoms with Crippen LogP contribution < -0.4 is 9.47 Å². The number of amides is 1. The molecule has 1 unspecified atom stereocenters. The van der Waals surface area contributed by atoms with Gasteiger partial charge >= 0.3 is 0 Å². The van der Waals surface area contributed by atoms with Crippen molar-refractivity contribution in [1.29, 1.82) is 0 Å². The van der Waals surface area contributed by atoms with E-state index in [1.165, 1.54) is 12.5 Å². The second-order valence-corrected chi connectivity index (χ2v) is 8.55. The van der Waals surface area contributed by atoms with E-state index in [2.05, 4.69) is 21.2 Å². The highest BCUT2D eigenvalue weighted by Crippen LogP contribution is 2.27. The molecule has 0 radical (unpaired) electrons. The molecule has 0 N–H and O–H groups in total. The van der Waals surface area contributed by atoms with Gasteiger partial charge in [-0.25, -0.2) is 4.21 Å². The Morgan fingerprint density at radius 2 is 1.63 bits per heavy atom. The molecule has 0 bridgehead atoms. The first-order valence-electron chi connectivity index (χ1n) is 8.93. The van der Waals surface area contributed by atoms with Crippen molar-refractivity contribution in [2.24, 2.45) is 4.36 Å². The van der Waals surface area contributed by atoms with Crippen molar-refractivity contribution in [1.82, 2.24) is 4.98 Å². The molecule has 2 aromatic carbocycles. The molecule has 152 valence electrons.